The quantitative estimate of drug-likeness (QED) is 0.587. The molecule has 0 aromatic carbocycles. The minimum Gasteiger partial charge on any atom is -0.351 e. The Balaban J connectivity index is 1.31. The molecule has 3 heterocycles. The second-order valence-corrected chi connectivity index (χ2v) is 10.8. The van der Waals surface area contributed by atoms with Gasteiger partial charge in [0.05, 0.1) is 0 Å². The highest BCUT2D eigenvalue weighted by molar-refractivity contribution is 5.91. The third-order valence-corrected chi connectivity index (χ3v) is 8.79. The van der Waals surface area contributed by atoms with Crippen molar-refractivity contribution >= 4 is 16.9 Å². The van der Waals surface area contributed by atoms with Gasteiger partial charge in [0.2, 0.25) is 0 Å². The summed E-state index contributed by atoms with van der Waals surface area (Å²) in [5.74, 6) is 5.36. The summed E-state index contributed by atoms with van der Waals surface area (Å²) in [4.78, 5) is 24.9. The first kappa shape index (κ1) is 19.0. The SMILES string of the molecule is CC1C2CCC(CC2)C1Cc1cc(N(C2CC2)C2CC2)nc(-c2c[nH]c3ncncc23)n1. The predicted molar refractivity (Wildman–Crippen MR) is 125 cm³/mol. The van der Waals surface area contributed by atoms with Crippen LogP contribution in [0.2, 0.25) is 0 Å². The van der Waals surface area contributed by atoms with E-state index in [-0.39, 0.29) is 0 Å². The molecule has 0 saturated heterocycles. The number of nitrogens with zero attached hydrogens (tertiary/aromatic N) is 5. The second-order valence-electron chi connectivity index (χ2n) is 10.8. The molecule has 2 atom stereocenters. The van der Waals surface area contributed by atoms with E-state index < -0.39 is 0 Å². The van der Waals surface area contributed by atoms with Crippen LogP contribution in [0, 0.1) is 23.7 Å². The van der Waals surface area contributed by atoms with Crippen LogP contribution in [0.3, 0.4) is 0 Å². The highest BCUT2D eigenvalue weighted by atomic mass is 15.3. The maximum atomic E-state index is 5.17. The Morgan fingerprint density at radius 3 is 2.44 bits per heavy atom. The van der Waals surface area contributed by atoms with E-state index in [0.29, 0.717) is 12.1 Å². The summed E-state index contributed by atoms with van der Waals surface area (Å²) in [6.07, 6.45) is 17.5. The molecule has 0 amide bonds. The number of hydrogen-bond donors (Lipinski definition) is 1. The van der Waals surface area contributed by atoms with Gasteiger partial charge < -0.3 is 9.88 Å². The molecule has 32 heavy (non-hydrogen) atoms. The number of hydrogen-bond acceptors (Lipinski definition) is 5. The van der Waals surface area contributed by atoms with Gasteiger partial charge in [-0.1, -0.05) is 6.92 Å². The lowest BCUT2D eigenvalue weighted by molar-refractivity contribution is 0.0339. The normalized spacial score (nSPS) is 29.5. The molecule has 6 nitrogen and oxygen atoms in total. The molecular formula is C26H32N6. The molecule has 8 rings (SSSR count). The Morgan fingerprint density at radius 2 is 1.72 bits per heavy atom. The van der Waals surface area contributed by atoms with E-state index in [1.54, 1.807) is 6.33 Å². The fourth-order valence-electron chi connectivity index (χ4n) is 6.73. The van der Waals surface area contributed by atoms with Crippen LogP contribution in [0.4, 0.5) is 5.82 Å². The number of fused-ring (bicyclic) bond motifs is 4. The summed E-state index contributed by atoms with van der Waals surface area (Å²) >= 11 is 0. The minimum absolute atomic E-state index is 0.675. The lowest BCUT2D eigenvalue weighted by Gasteiger charge is -2.47. The standard InChI is InChI=1S/C26H32N6/c1-15-16-2-4-17(5-3-16)21(15)10-18-11-24(32(19-6-7-19)20-8-9-20)31-26(30-18)23-13-28-25-22(23)12-27-14-29-25/h11-17,19-21H,2-10H2,1H3,(H,27,28,29). The van der Waals surface area contributed by atoms with E-state index in [9.17, 15) is 0 Å². The lowest BCUT2D eigenvalue weighted by Crippen LogP contribution is -2.39. The summed E-state index contributed by atoms with van der Waals surface area (Å²) in [6, 6.07) is 3.68. The van der Waals surface area contributed by atoms with Crippen LogP contribution >= 0.6 is 0 Å². The van der Waals surface area contributed by atoms with Crippen molar-refractivity contribution < 1.29 is 0 Å². The van der Waals surface area contributed by atoms with Gasteiger partial charge in [-0.15, -0.1) is 0 Å². The van der Waals surface area contributed by atoms with Gasteiger partial charge in [0, 0.05) is 47.2 Å². The van der Waals surface area contributed by atoms with Gasteiger partial charge in [-0.3, -0.25) is 0 Å². The summed E-state index contributed by atoms with van der Waals surface area (Å²) in [7, 11) is 0. The molecule has 166 valence electrons. The fourth-order valence-corrected chi connectivity index (χ4v) is 6.73. The van der Waals surface area contributed by atoms with Gasteiger partial charge >= 0.3 is 0 Å². The molecule has 0 radical (unpaired) electrons. The fraction of sp³-hybridized carbons (Fsp3) is 0.615. The van der Waals surface area contributed by atoms with Crippen LogP contribution < -0.4 is 4.90 Å². The van der Waals surface area contributed by atoms with E-state index >= 15 is 0 Å². The molecule has 0 spiro atoms. The van der Waals surface area contributed by atoms with E-state index in [1.807, 2.05) is 12.4 Å². The smallest absolute Gasteiger partial charge is 0.164 e. The van der Waals surface area contributed by atoms with Crippen molar-refractivity contribution in [1.29, 1.82) is 0 Å². The zero-order valence-corrected chi connectivity index (χ0v) is 18.9. The first-order valence-electron chi connectivity index (χ1n) is 12.7. The number of H-pyrrole nitrogens is 1. The van der Waals surface area contributed by atoms with Gasteiger partial charge in [-0.05, 0) is 81.5 Å². The molecule has 2 bridgehead atoms. The van der Waals surface area contributed by atoms with Crippen molar-refractivity contribution in [3.63, 3.8) is 0 Å². The minimum atomic E-state index is 0.675. The van der Waals surface area contributed by atoms with E-state index in [2.05, 4.69) is 32.8 Å². The lowest BCUT2D eigenvalue weighted by atomic mass is 9.58. The molecule has 2 unspecified atom stereocenters. The van der Waals surface area contributed by atoms with Gasteiger partial charge in [0.1, 0.15) is 17.8 Å². The van der Waals surface area contributed by atoms with E-state index in [1.165, 1.54) is 57.1 Å². The number of nitrogens with one attached hydrogen (secondary N) is 1. The largest absolute Gasteiger partial charge is 0.351 e. The van der Waals surface area contributed by atoms with Crippen LogP contribution in [0.1, 0.15) is 64.0 Å². The Labute approximate surface area is 189 Å². The maximum absolute atomic E-state index is 5.17. The van der Waals surface area contributed by atoms with Crippen molar-refractivity contribution in [1.82, 2.24) is 24.9 Å². The number of anilines is 1. The zero-order valence-electron chi connectivity index (χ0n) is 18.9. The van der Waals surface area contributed by atoms with Crippen LogP contribution in [0.15, 0.2) is 24.8 Å². The van der Waals surface area contributed by atoms with Gasteiger partial charge in [-0.2, -0.15) is 0 Å². The average molecular weight is 429 g/mol. The molecule has 3 aromatic heterocycles. The first-order valence-corrected chi connectivity index (χ1v) is 12.7. The molecular weight excluding hydrogens is 396 g/mol. The van der Waals surface area contributed by atoms with Gasteiger partial charge in [0.25, 0.3) is 0 Å². The Bertz CT molecular complexity index is 1120. The van der Waals surface area contributed by atoms with Gasteiger partial charge in [-0.25, -0.2) is 19.9 Å². The maximum Gasteiger partial charge on any atom is 0.164 e. The molecule has 5 aliphatic carbocycles. The molecule has 5 aliphatic rings. The van der Waals surface area contributed by atoms with Crippen molar-refractivity contribution in [2.24, 2.45) is 23.7 Å². The number of aromatic amines is 1. The third-order valence-electron chi connectivity index (χ3n) is 8.79. The van der Waals surface area contributed by atoms with Crippen molar-refractivity contribution in [3.05, 3.63) is 30.5 Å². The second kappa shape index (κ2) is 7.26. The van der Waals surface area contributed by atoms with Crippen molar-refractivity contribution in [3.8, 4) is 11.4 Å². The van der Waals surface area contributed by atoms with Crippen molar-refractivity contribution in [2.45, 2.75) is 76.8 Å². The van der Waals surface area contributed by atoms with Crippen LogP contribution in [-0.2, 0) is 6.42 Å². The van der Waals surface area contributed by atoms with E-state index in [4.69, 9.17) is 9.97 Å². The summed E-state index contributed by atoms with van der Waals surface area (Å²) in [6.45, 7) is 2.50. The van der Waals surface area contributed by atoms with Crippen molar-refractivity contribution in [2.75, 3.05) is 4.90 Å². The monoisotopic (exact) mass is 428 g/mol. The average Bonchev–Trinajstić information content (AvgIpc) is 3.76. The molecule has 3 aromatic rings. The molecule has 1 N–H and O–H groups in total. The molecule has 5 fully saturated rings. The molecule has 0 aliphatic heterocycles. The Morgan fingerprint density at radius 1 is 0.969 bits per heavy atom. The first-order chi connectivity index (χ1) is 15.7. The van der Waals surface area contributed by atoms with Crippen LogP contribution in [-0.4, -0.2) is 37.0 Å². The Kier molecular flexibility index (Phi) is 4.31. The van der Waals surface area contributed by atoms with Crippen LogP contribution in [0.5, 0.6) is 0 Å². The number of rotatable bonds is 6. The predicted octanol–water partition coefficient (Wildman–Crippen LogP) is 5.16. The summed E-state index contributed by atoms with van der Waals surface area (Å²) in [5.41, 5.74) is 3.10. The molecule has 6 heteroatoms. The molecule has 5 saturated carbocycles. The Hall–Kier alpha value is -2.50. The highest BCUT2D eigenvalue weighted by Crippen LogP contribution is 2.50. The topological polar surface area (TPSA) is 70.6 Å². The zero-order chi connectivity index (χ0) is 21.2. The van der Waals surface area contributed by atoms with E-state index in [0.717, 1.165) is 58.3 Å². The number of aromatic nitrogens is 5. The highest BCUT2D eigenvalue weighted by Gasteiger charge is 2.42. The summed E-state index contributed by atoms with van der Waals surface area (Å²) in [5, 5.41) is 1.00. The van der Waals surface area contributed by atoms with Crippen LogP contribution in [0.25, 0.3) is 22.4 Å². The van der Waals surface area contributed by atoms with Gasteiger partial charge in [0.15, 0.2) is 5.82 Å². The summed E-state index contributed by atoms with van der Waals surface area (Å²) < 4.78 is 0. The third kappa shape index (κ3) is 3.22.